The van der Waals surface area contributed by atoms with Crippen LogP contribution in [0.1, 0.15) is 23.2 Å². The van der Waals surface area contributed by atoms with E-state index in [1.165, 1.54) is 6.92 Å². The fraction of sp³-hybridized carbons (Fsp3) is 0.400. The number of rotatable bonds is 4. The standard InChI is InChI=1S/C10H8F5NO3/c1-4-3-16-7(9(11)12)8(19-10(13,14)15)5(4)2-6(17)18/h3,9H,2H2,1H3,(H,17,18). The number of aromatic nitrogens is 1. The first-order valence-electron chi connectivity index (χ1n) is 4.86. The van der Waals surface area contributed by atoms with Crippen LogP contribution in [0.3, 0.4) is 0 Å². The van der Waals surface area contributed by atoms with Gasteiger partial charge < -0.3 is 9.84 Å². The molecular weight excluding hydrogens is 277 g/mol. The first-order chi connectivity index (χ1) is 8.61. The van der Waals surface area contributed by atoms with Crippen LogP contribution in [0, 0.1) is 6.92 Å². The average molecular weight is 285 g/mol. The molecule has 0 saturated carbocycles. The van der Waals surface area contributed by atoms with Gasteiger partial charge in [0, 0.05) is 11.8 Å². The molecule has 0 fully saturated rings. The Morgan fingerprint density at radius 1 is 1.47 bits per heavy atom. The molecule has 0 saturated heterocycles. The molecule has 1 N–H and O–H groups in total. The highest BCUT2D eigenvalue weighted by Gasteiger charge is 2.36. The lowest BCUT2D eigenvalue weighted by Crippen LogP contribution is -2.21. The van der Waals surface area contributed by atoms with Crippen molar-refractivity contribution in [3.63, 3.8) is 0 Å². The van der Waals surface area contributed by atoms with E-state index in [1.54, 1.807) is 0 Å². The van der Waals surface area contributed by atoms with Crippen LogP contribution >= 0.6 is 0 Å². The third-order valence-electron chi connectivity index (χ3n) is 2.13. The number of nitrogens with zero attached hydrogens (tertiary/aromatic N) is 1. The van der Waals surface area contributed by atoms with Gasteiger partial charge in [-0.25, -0.2) is 8.78 Å². The van der Waals surface area contributed by atoms with E-state index in [2.05, 4.69) is 9.72 Å². The van der Waals surface area contributed by atoms with Gasteiger partial charge >= 0.3 is 12.3 Å². The summed E-state index contributed by atoms with van der Waals surface area (Å²) in [5, 5.41) is 8.60. The summed E-state index contributed by atoms with van der Waals surface area (Å²) in [6.07, 6.45) is -8.53. The van der Waals surface area contributed by atoms with Gasteiger partial charge in [0.1, 0.15) is 5.69 Å². The number of halogens is 5. The Bertz CT molecular complexity index is 487. The third kappa shape index (κ3) is 4.04. The summed E-state index contributed by atoms with van der Waals surface area (Å²) in [7, 11) is 0. The minimum absolute atomic E-state index is 0.0195. The number of aryl methyl sites for hydroxylation is 1. The fourth-order valence-electron chi connectivity index (χ4n) is 1.39. The van der Waals surface area contributed by atoms with E-state index >= 15 is 0 Å². The number of carboxylic acid groups (broad SMARTS) is 1. The van der Waals surface area contributed by atoms with Crippen LogP contribution in [0.5, 0.6) is 5.75 Å². The van der Waals surface area contributed by atoms with Gasteiger partial charge in [-0.3, -0.25) is 9.78 Å². The van der Waals surface area contributed by atoms with E-state index in [-0.39, 0.29) is 5.56 Å². The van der Waals surface area contributed by atoms with Crippen molar-refractivity contribution in [1.82, 2.24) is 4.98 Å². The maximum absolute atomic E-state index is 12.6. The van der Waals surface area contributed by atoms with Crippen LogP contribution in [0.2, 0.25) is 0 Å². The van der Waals surface area contributed by atoms with Crippen molar-refractivity contribution >= 4 is 5.97 Å². The molecule has 0 unspecified atom stereocenters. The second-order valence-corrected chi connectivity index (χ2v) is 3.55. The van der Waals surface area contributed by atoms with Crippen LogP contribution in [0.15, 0.2) is 6.20 Å². The molecule has 0 aliphatic heterocycles. The quantitative estimate of drug-likeness (QED) is 0.864. The van der Waals surface area contributed by atoms with Crippen LogP contribution in [-0.4, -0.2) is 22.4 Å². The zero-order chi connectivity index (χ0) is 14.8. The lowest BCUT2D eigenvalue weighted by Gasteiger charge is -2.17. The molecule has 1 heterocycles. The number of hydrogen-bond acceptors (Lipinski definition) is 3. The van der Waals surface area contributed by atoms with Gasteiger partial charge in [0.25, 0.3) is 6.43 Å². The van der Waals surface area contributed by atoms with E-state index in [0.29, 0.717) is 0 Å². The van der Waals surface area contributed by atoms with Crippen LogP contribution in [-0.2, 0) is 11.2 Å². The highest BCUT2D eigenvalue weighted by molar-refractivity contribution is 5.72. The van der Waals surface area contributed by atoms with Crippen LogP contribution in [0.4, 0.5) is 22.0 Å². The Kier molecular flexibility index (Phi) is 4.28. The van der Waals surface area contributed by atoms with Crippen LogP contribution < -0.4 is 4.74 Å². The molecule has 0 amide bonds. The molecule has 1 aromatic heterocycles. The molecular formula is C10H8F5NO3. The first-order valence-corrected chi connectivity index (χ1v) is 4.86. The maximum atomic E-state index is 12.6. The van der Waals surface area contributed by atoms with Gasteiger partial charge in [0.2, 0.25) is 0 Å². The van der Waals surface area contributed by atoms with Crippen molar-refractivity contribution in [3.8, 4) is 5.75 Å². The Hall–Kier alpha value is -1.93. The second-order valence-electron chi connectivity index (χ2n) is 3.55. The van der Waals surface area contributed by atoms with Gasteiger partial charge in [-0.15, -0.1) is 13.2 Å². The predicted molar refractivity (Wildman–Crippen MR) is 52.0 cm³/mol. The molecule has 0 atom stereocenters. The van der Waals surface area contributed by atoms with Crippen molar-refractivity contribution in [2.45, 2.75) is 26.1 Å². The average Bonchev–Trinajstić information content (AvgIpc) is 2.20. The van der Waals surface area contributed by atoms with Crippen molar-refractivity contribution in [3.05, 3.63) is 23.0 Å². The van der Waals surface area contributed by atoms with Crippen LogP contribution in [0.25, 0.3) is 0 Å². The monoisotopic (exact) mass is 285 g/mol. The van der Waals surface area contributed by atoms with Crippen molar-refractivity contribution in [2.24, 2.45) is 0 Å². The van der Waals surface area contributed by atoms with Crippen molar-refractivity contribution in [1.29, 1.82) is 0 Å². The highest BCUT2D eigenvalue weighted by atomic mass is 19.4. The number of pyridine rings is 1. The summed E-state index contributed by atoms with van der Waals surface area (Å²) in [6, 6.07) is 0. The van der Waals surface area contributed by atoms with Gasteiger partial charge in [0.05, 0.1) is 6.42 Å². The molecule has 1 rings (SSSR count). The zero-order valence-corrected chi connectivity index (χ0v) is 9.46. The van der Waals surface area contributed by atoms with Crippen molar-refractivity contribution < 1.29 is 36.6 Å². The maximum Gasteiger partial charge on any atom is 0.573 e. The molecule has 0 radical (unpaired) electrons. The molecule has 0 spiro atoms. The number of ether oxygens (including phenoxy) is 1. The molecule has 9 heteroatoms. The van der Waals surface area contributed by atoms with E-state index < -0.39 is 42.2 Å². The van der Waals surface area contributed by atoms with E-state index in [1.807, 2.05) is 0 Å². The Morgan fingerprint density at radius 3 is 2.47 bits per heavy atom. The predicted octanol–water partition coefficient (Wildman–Crippen LogP) is 2.85. The Labute approximate surface area is 103 Å². The normalized spacial score (nSPS) is 11.7. The highest BCUT2D eigenvalue weighted by Crippen LogP contribution is 2.36. The number of carboxylic acids is 1. The topological polar surface area (TPSA) is 59.4 Å². The molecule has 0 aliphatic carbocycles. The molecule has 106 valence electrons. The number of hydrogen-bond donors (Lipinski definition) is 1. The zero-order valence-electron chi connectivity index (χ0n) is 9.46. The molecule has 0 aromatic carbocycles. The van der Waals surface area contributed by atoms with Gasteiger partial charge in [-0.1, -0.05) is 0 Å². The summed E-state index contributed by atoms with van der Waals surface area (Å²) in [6.45, 7) is 1.25. The minimum atomic E-state index is -5.22. The van der Waals surface area contributed by atoms with E-state index in [0.717, 1.165) is 6.20 Å². The Balaban J connectivity index is 3.40. The largest absolute Gasteiger partial charge is 0.573 e. The van der Waals surface area contributed by atoms with Gasteiger partial charge in [0.15, 0.2) is 5.75 Å². The molecule has 0 bridgehead atoms. The SMILES string of the molecule is Cc1cnc(C(F)F)c(OC(F)(F)F)c1CC(=O)O. The molecule has 19 heavy (non-hydrogen) atoms. The fourth-order valence-corrected chi connectivity index (χ4v) is 1.39. The lowest BCUT2D eigenvalue weighted by molar-refractivity contribution is -0.275. The second kappa shape index (κ2) is 5.37. The van der Waals surface area contributed by atoms with Gasteiger partial charge in [-0.05, 0) is 12.5 Å². The summed E-state index contributed by atoms with van der Waals surface area (Å²) in [5.41, 5.74) is -1.69. The van der Waals surface area contributed by atoms with Crippen molar-refractivity contribution in [2.75, 3.05) is 0 Å². The first kappa shape index (κ1) is 15.1. The summed E-state index contributed by atoms with van der Waals surface area (Å²) in [4.78, 5) is 13.7. The molecule has 1 aromatic rings. The van der Waals surface area contributed by atoms with E-state index in [9.17, 15) is 26.7 Å². The smallest absolute Gasteiger partial charge is 0.481 e. The third-order valence-corrected chi connectivity index (χ3v) is 2.13. The molecule has 0 aliphatic rings. The van der Waals surface area contributed by atoms with Gasteiger partial charge in [-0.2, -0.15) is 0 Å². The molecule has 4 nitrogen and oxygen atoms in total. The number of carbonyl (C=O) groups is 1. The van der Waals surface area contributed by atoms with E-state index in [4.69, 9.17) is 5.11 Å². The number of aliphatic carboxylic acids is 1. The number of alkyl halides is 5. The summed E-state index contributed by atoms with van der Waals surface area (Å²) >= 11 is 0. The summed E-state index contributed by atoms with van der Waals surface area (Å²) in [5.74, 6) is -2.72. The summed E-state index contributed by atoms with van der Waals surface area (Å²) < 4.78 is 65.3. The Morgan fingerprint density at radius 2 is 2.05 bits per heavy atom. The minimum Gasteiger partial charge on any atom is -0.481 e. The lowest BCUT2D eigenvalue weighted by atomic mass is 10.1.